The summed E-state index contributed by atoms with van der Waals surface area (Å²) in [6, 6.07) is 4.24. The number of rotatable bonds is 5. The molecule has 1 aliphatic carbocycles. The van der Waals surface area contributed by atoms with Gasteiger partial charge in [-0.3, -0.25) is 14.6 Å². The van der Waals surface area contributed by atoms with E-state index in [0.717, 1.165) is 25.0 Å². The van der Waals surface area contributed by atoms with E-state index in [1.54, 1.807) is 22.2 Å². The third-order valence-corrected chi connectivity index (χ3v) is 5.87. The van der Waals surface area contributed by atoms with Crippen LogP contribution in [0.4, 0.5) is 5.95 Å². The van der Waals surface area contributed by atoms with Crippen molar-refractivity contribution in [3.8, 4) is 0 Å². The molecule has 2 aromatic rings. The molecule has 2 amide bonds. The molecule has 1 fully saturated rings. The van der Waals surface area contributed by atoms with E-state index in [0.29, 0.717) is 31.0 Å². The summed E-state index contributed by atoms with van der Waals surface area (Å²) in [5.74, 6) is 0.523. The number of aryl methyl sites for hydroxylation is 1. The van der Waals surface area contributed by atoms with Crippen LogP contribution in [0.1, 0.15) is 53.8 Å². The average molecular weight is 394 g/mol. The second kappa shape index (κ2) is 8.14. The van der Waals surface area contributed by atoms with Crippen molar-refractivity contribution in [1.29, 1.82) is 0 Å². The van der Waals surface area contributed by atoms with Gasteiger partial charge in [0.15, 0.2) is 0 Å². The molecular weight excluding hydrogens is 368 g/mol. The van der Waals surface area contributed by atoms with Gasteiger partial charge in [-0.25, -0.2) is 9.97 Å². The lowest BCUT2D eigenvalue weighted by Crippen LogP contribution is -2.39. The zero-order valence-corrected chi connectivity index (χ0v) is 16.8. The number of fused-ring (bicyclic) bond motifs is 1. The first-order valence-corrected chi connectivity index (χ1v) is 10.1. The minimum Gasteiger partial charge on any atom is -0.347 e. The highest BCUT2D eigenvalue weighted by atomic mass is 16.2. The van der Waals surface area contributed by atoms with Crippen molar-refractivity contribution in [2.24, 2.45) is 0 Å². The Balaban J connectivity index is 1.37. The summed E-state index contributed by atoms with van der Waals surface area (Å²) in [7, 11) is 1.81. The van der Waals surface area contributed by atoms with Gasteiger partial charge in [0.05, 0.1) is 17.6 Å². The highest BCUT2D eigenvalue weighted by molar-refractivity contribution is 5.94. The van der Waals surface area contributed by atoms with E-state index in [4.69, 9.17) is 0 Å². The van der Waals surface area contributed by atoms with Crippen molar-refractivity contribution >= 4 is 17.8 Å². The molecule has 1 aliphatic heterocycles. The Morgan fingerprint density at radius 1 is 1.24 bits per heavy atom. The molecule has 2 aromatic heterocycles. The van der Waals surface area contributed by atoms with Crippen LogP contribution in [0.2, 0.25) is 0 Å². The van der Waals surface area contributed by atoms with E-state index in [1.807, 2.05) is 26.2 Å². The van der Waals surface area contributed by atoms with Crippen molar-refractivity contribution in [2.45, 2.75) is 44.7 Å². The molecule has 0 radical (unpaired) electrons. The van der Waals surface area contributed by atoms with Crippen LogP contribution in [0.25, 0.3) is 0 Å². The predicted octanol–water partition coefficient (Wildman–Crippen LogP) is 2.05. The van der Waals surface area contributed by atoms with Crippen molar-refractivity contribution < 1.29 is 9.59 Å². The number of hydrogen-bond donors (Lipinski definition) is 1. The van der Waals surface area contributed by atoms with Gasteiger partial charge < -0.3 is 15.1 Å². The lowest BCUT2D eigenvalue weighted by molar-refractivity contribution is -0.131. The Kier molecular flexibility index (Phi) is 5.42. The Hall–Kier alpha value is -3.03. The summed E-state index contributed by atoms with van der Waals surface area (Å²) in [6.45, 7) is 3.04. The molecule has 4 rings (SSSR count). The molecule has 8 nitrogen and oxygen atoms in total. The van der Waals surface area contributed by atoms with Crippen LogP contribution in [-0.2, 0) is 11.2 Å². The van der Waals surface area contributed by atoms with Gasteiger partial charge in [-0.05, 0) is 30.9 Å². The van der Waals surface area contributed by atoms with Crippen molar-refractivity contribution in [3.05, 3.63) is 47.5 Å². The number of likely N-dealkylation sites (tertiary alicyclic amines) is 1. The standard InChI is InChI=1S/C21H26N6O2/c1-3-19(28)26(2)15-8-10-27(13-15)20(29)14-11-23-21(24-12-14)25-18-7-6-17-16(18)5-4-9-22-17/h4-5,9,11-12,15,18H,3,6-8,10,13H2,1-2H3,(H,23,24,25)/t15?,18-/m1/s1. The third-order valence-electron chi connectivity index (χ3n) is 5.87. The first-order valence-electron chi connectivity index (χ1n) is 10.1. The summed E-state index contributed by atoms with van der Waals surface area (Å²) in [6.07, 6.45) is 8.13. The maximum absolute atomic E-state index is 12.8. The fourth-order valence-corrected chi connectivity index (χ4v) is 4.11. The van der Waals surface area contributed by atoms with Crippen LogP contribution in [0, 0.1) is 0 Å². The summed E-state index contributed by atoms with van der Waals surface area (Å²) in [5.41, 5.74) is 2.77. The van der Waals surface area contributed by atoms with Crippen LogP contribution in [0.15, 0.2) is 30.7 Å². The normalized spacial score (nSPS) is 20.4. The Bertz CT molecular complexity index is 900. The number of hydrogen-bond acceptors (Lipinski definition) is 6. The summed E-state index contributed by atoms with van der Waals surface area (Å²) in [4.78, 5) is 41.3. The average Bonchev–Trinajstić information content (AvgIpc) is 3.41. The minimum absolute atomic E-state index is 0.0734. The van der Waals surface area contributed by atoms with E-state index in [9.17, 15) is 9.59 Å². The van der Waals surface area contributed by atoms with Crippen LogP contribution in [-0.4, -0.2) is 62.7 Å². The molecule has 1 saturated heterocycles. The molecule has 2 aliphatic rings. The van der Waals surface area contributed by atoms with Crippen molar-refractivity contribution in [3.63, 3.8) is 0 Å². The largest absolute Gasteiger partial charge is 0.347 e. The molecule has 0 aromatic carbocycles. The van der Waals surface area contributed by atoms with Crippen LogP contribution >= 0.6 is 0 Å². The molecule has 3 heterocycles. The van der Waals surface area contributed by atoms with E-state index in [1.165, 1.54) is 5.56 Å². The molecule has 2 atom stereocenters. The zero-order valence-electron chi connectivity index (χ0n) is 16.8. The number of nitrogens with one attached hydrogen (secondary N) is 1. The number of pyridine rings is 1. The second-order valence-corrected chi connectivity index (χ2v) is 7.62. The predicted molar refractivity (Wildman–Crippen MR) is 108 cm³/mol. The Labute approximate surface area is 170 Å². The monoisotopic (exact) mass is 394 g/mol. The summed E-state index contributed by atoms with van der Waals surface area (Å²) < 4.78 is 0. The molecule has 0 saturated carbocycles. The first kappa shape index (κ1) is 19.3. The first-order chi connectivity index (χ1) is 14.1. The van der Waals surface area contributed by atoms with Gasteiger partial charge in [0, 0.05) is 50.8 Å². The number of amides is 2. The number of likely N-dealkylation sites (N-methyl/N-ethyl adjacent to an activating group) is 1. The summed E-state index contributed by atoms with van der Waals surface area (Å²) in [5, 5.41) is 3.34. The molecule has 152 valence electrons. The Morgan fingerprint density at radius 3 is 2.79 bits per heavy atom. The zero-order chi connectivity index (χ0) is 20.4. The molecule has 29 heavy (non-hydrogen) atoms. The lowest BCUT2D eigenvalue weighted by Gasteiger charge is -2.24. The Morgan fingerprint density at radius 2 is 2.03 bits per heavy atom. The van der Waals surface area contributed by atoms with Crippen LogP contribution < -0.4 is 5.32 Å². The van der Waals surface area contributed by atoms with E-state index in [2.05, 4.69) is 26.3 Å². The van der Waals surface area contributed by atoms with Gasteiger partial charge in [0.25, 0.3) is 5.91 Å². The molecule has 1 unspecified atom stereocenters. The molecule has 8 heteroatoms. The number of carbonyl (C=O) groups excluding carboxylic acids is 2. The van der Waals surface area contributed by atoms with Gasteiger partial charge in [-0.1, -0.05) is 13.0 Å². The number of anilines is 1. The van der Waals surface area contributed by atoms with Gasteiger partial charge in [0.1, 0.15) is 0 Å². The molecular formula is C21H26N6O2. The van der Waals surface area contributed by atoms with Gasteiger partial charge in [-0.2, -0.15) is 0 Å². The van der Waals surface area contributed by atoms with Crippen LogP contribution in [0.3, 0.4) is 0 Å². The maximum Gasteiger partial charge on any atom is 0.257 e. The number of aromatic nitrogens is 3. The highest BCUT2D eigenvalue weighted by Gasteiger charge is 2.31. The molecule has 1 N–H and O–H groups in total. The lowest BCUT2D eigenvalue weighted by atomic mass is 10.1. The fraction of sp³-hybridized carbons (Fsp3) is 0.476. The third kappa shape index (κ3) is 3.92. The van der Waals surface area contributed by atoms with Crippen LogP contribution in [0.5, 0.6) is 0 Å². The summed E-state index contributed by atoms with van der Waals surface area (Å²) >= 11 is 0. The topological polar surface area (TPSA) is 91.3 Å². The van der Waals surface area contributed by atoms with E-state index >= 15 is 0 Å². The maximum atomic E-state index is 12.8. The smallest absolute Gasteiger partial charge is 0.257 e. The van der Waals surface area contributed by atoms with Gasteiger partial charge in [0.2, 0.25) is 11.9 Å². The minimum atomic E-state index is -0.0909. The highest BCUT2D eigenvalue weighted by Crippen LogP contribution is 2.31. The second-order valence-electron chi connectivity index (χ2n) is 7.62. The number of carbonyl (C=O) groups is 2. The van der Waals surface area contributed by atoms with Crippen molar-refractivity contribution in [1.82, 2.24) is 24.8 Å². The SMILES string of the molecule is CCC(=O)N(C)C1CCN(C(=O)c2cnc(N[C@@H]3CCc4ncccc43)nc2)C1. The van der Waals surface area contributed by atoms with Crippen molar-refractivity contribution in [2.75, 3.05) is 25.5 Å². The van der Waals surface area contributed by atoms with E-state index in [-0.39, 0.29) is 23.9 Å². The van der Waals surface area contributed by atoms with Gasteiger partial charge >= 0.3 is 0 Å². The van der Waals surface area contributed by atoms with Gasteiger partial charge in [-0.15, -0.1) is 0 Å². The molecule has 0 bridgehead atoms. The quantitative estimate of drug-likeness (QED) is 0.835. The van der Waals surface area contributed by atoms with E-state index < -0.39 is 0 Å². The molecule has 0 spiro atoms. The fourth-order valence-electron chi connectivity index (χ4n) is 4.11. The number of nitrogens with zero attached hydrogens (tertiary/aromatic N) is 5.